The average Bonchev–Trinajstić information content (AvgIpc) is 3.32. The van der Waals surface area contributed by atoms with Crippen molar-refractivity contribution in [3.63, 3.8) is 0 Å². The fourth-order valence-electron chi connectivity index (χ4n) is 3.69. The van der Waals surface area contributed by atoms with Gasteiger partial charge in [0, 0.05) is 39.3 Å². The van der Waals surface area contributed by atoms with E-state index in [1.807, 2.05) is 4.90 Å². The van der Waals surface area contributed by atoms with Crippen molar-refractivity contribution < 1.29 is 13.2 Å². The summed E-state index contributed by atoms with van der Waals surface area (Å²) in [6.07, 6.45) is 7.77. The summed E-state index contributed by atoms with van der Waals surface area (Å²) in [6, 6.07) is 0.493. The molecule has 3 fully saturated rings. The highest BCUT2D eigenvalue weighted by Gasteiger charge is 2.35. The van der Waals surface area contributed by atoms with Crippen LogP contribution in [0, 0.1) is 0 Å². The number of hydrogen-bond donors (Lipinski definition) is 2. The van der Waals surface area contributed by atoms with Crippen molar-refractivity contribution in [2.45, 2.75) is 68.7 Å². The lowest BCUT2D eigenvalue weighted by molar-refractivity contribution is -0.127. The highest BCUT2D eigenvalue weighted by molar-refractivity contribution is 7.90. The molecule has 0 bridgehead atoms. The van der Waals surface area contributed by atoms with Crippen molar-refractivity contribution in [1.82, 2.24) is 19.8 Å². The Balaban J connectivity index is 1.65. The number of hydrogen-bond acceptors (Lipinski definition) is 4. The minimum atomic E-state index is -3.34. The molecule has 3 aliphatic rings. The maximum atomic E-state index is 12.8. The van der Waals surface area contributed by atoms with Crippen LogP contribution in [0.4, 0.5) is 0 Å². The zero-order valence-electron chi connectivity index (χ0n) is 16.5. The number of sulfonamides is 1. The molecule has 0 spiro atoms. The van der Waals surface area contributed by atoms with E-state index in [2.05, 4.69) is 15.0 Å². The molecule has 154 valence electrons. The second-order valence-electron chi connectivity index (χ2n) is 8.20. The number of rotatable bonds is 6. The predicted octanol–water partition coefficient (Wildman–Crippen LogP) is 0.509. The molecular weight excluding hydrogens is 366 g/mol. The van der Waals surface area contributed by atoms with Crippen LogP contribution in [-0.2, 0) is 14.8 Å². The fourth-order valence-corrected chi connectivity index (χ4v) is 5.43. The summed E-state index contributed by atoms with van der Waals surface area (Å²) >= 11 is 0. The third-order valence-electron chi connectivity index (χ3n) is 5.58. The van der Waals surface area contributed by atoms with E-state index in [1.165, 1.54) is 4.90 Å². The minimum Gasteiger partial charge on any atom is -0.353 e. The standard InChI is InChI=1S/C18H33N5O3S/c1-22(2)17(24)12-19-18(20-14-9-10-14)23-11-5-8-16(13-23)27(25,26)21-15-6-3-4-7-15/h14-16,21H,3-13H2,1-2H3,(H,19,20). The summed E-state index contributed by atoms with van der Waals surface area (Å²) in [7, 11) is 0.0843. The number of nitrogens with zero attached hydrogens (tertiary/aromatic N) is 3. The Labute approximate surface area is 162 Å². The van der Waals surface area contributed by atoms with Crippen LogP contribution in [0.25, 0.3) is 0 Å². The fraction of sp³-hybridized carbons (Fsp3) is 0.889. The van der Waals surface area contributed by atoms with Gasteiger partial charge in [0.15, 0.2) is 5.96 Å². The lowest BCUT2D eigenvalue weighted by atomic mass is 10.1. The van der Waals surface area contributed by atoms with Crippen molar-refractivity contribution in [1.29, 1.82) is 0 Å². The van der Waals surface area contributed by atoms with E-state index in [1.54, 1.807) is 14.1 Å². The second kappa shape index (κ2) is 8.77. The minimum absolute atomic E-state index is 0.0609. The van der Waals surface area contributed by atoms with Gasteiger partial charge in [-0.05, 0) is 38.5 Å². The first-order chi connectivity index (χ1) is 12.8. The summed E-state index contributed by atoms with van der Waals surface area (Å²) in [6.45, 7) is 1.28. The van der Waals surface area contributed by atoms with Crippen LogP contribution in [0.2, 0.25) is 0 Å². The highest BCUT2D eigenvalue weighted by atomic mass is 32.2. The Kier molecular flexibility index (Phi) is 6.62. The van der Waals surface area contributed by atoms with Gasteiger partial charge in [0.1, 0.15) is 6.54 Å². The number of guanidine groups is 1. The average molecular weight is 400 g/mol. The van der Waals surface area contributed by atoms with Gasteiger partial charge >= 0.3 is 0 Å². The molecule has 0 aromatic heterocycles. The Bertz CT molecular complexity index is 654. The molecule has 2 aliphatic carbocycles. The van der Waals surface area contributed by atoms with Gasteiger partial charge in [0.05, 0.1) is 5.25 Å². The van der Waals surface area contributed by atoms with E-state index in [0.717, 1.165) is 51.5 Å². The Morgan fingerprint density at radius 2 is 1.78 bits per heavy atom. The van der Waals surface area contributed by atoms with E-state index in [9.17, 15) is 13.2 Å². The lowest BCUT2D eigenvalue weighted by Gasteiger charge is -2.35. The van der Waals surface area contributed by atoms with Gasteiger partial charge in [-0.2, -0.15) is 0 Å². The molecule has 2 N–H and O–H groups in total. The number of nitrogens with one attached hydrogen (secondary N) is 2. The second-order valence-corrected chi connectivity index (χ2v) is 10.2. The number of likely N-dealkylation sites (tertiary alicyclic amines) is 1. The number of aliphatic imine (C=N–C) groups is 1. The molecule has 3 rings (SSSR count). The summed E-state index contributed by atoms with van der Waals surface area (Å²) in [4.78, 5) is 19.9. The number of carbonyl (C=O) groups excluding carboxylic acids is 1. The summed E-state index contributed by atoms with van der Waals surface area (Å²) in [5.41, 5.74) is 0. The molecule has 0 radical (unpaired) electrons. The SMILES string of the molecule is CN(C)C(=O)CN=C(NC1CC1)N1CCCC(S(=O)(=O)NC2CCCC2)C1. The monoisotopic (exact) mass is 399 g/mol. The van der Waals surface area contributed by atoms with Crippen LogP contribution in [-0.4, -0.2) is 81.1 Å². The van der Waals surface area contributed by atoms with E-state index in [4.69, 9.17) is 0 Å². The molecule has 1 unspecified atom stereocenters. The molecule has 0 aromatic carbocycles. The first-order valence-corrected chi connectivity index (χ1v) is 11.7. The molecule has 0 aromatic rings. The third-order valence-corrected chi connectivity index (χ3v) is 7.50. The molecule has 1 amide bonds. The first-order valence-electron chi connectivity index (χ1n) is 10.1. The van der Waals surface area contributed by atoms with E-state index in [0.29, 0.717) is 25.0 Å². The number of amides is 1. The van der Waals surface area contributed by atoms with Crippen molar-refractivity contribution in [2.75, 3.05) is 33.7 Å². The van der Waals surface area contributed by atoms with Gasteiger partial charge in [-0.1, -0.05) is 12.8 Å². The lowest BCUT2D eigenvalue weighted by Crippen LogP contribution is -2.53. The van der Waals surface area contributed by atoms with Crippen molar-refractivity contribution in [3.8, 4) is 0 Å². The smallest absolute Gasteiger partial charge is 0.243 e. The van der Waals surface area contributed by atoms with Gasteiger partial charge in [0.25, 0.3) is 0 Å². The number of piperidine rings is 1. The molecular formula is C18H33N5O3S. The largest absolute Gasteiger partial charge is 0.353 e. The van der Waals surface area contributed by atoms with Crippen LogP contribution in [0.1, 0.15) is 51.4 Å². The Morgan fingerprint density at radius 1 is 1.07 bits per heavy atom. The number of likely N-dealkylation sites (N-methyl/N-ethyl adjacent to an activating group) is 1. The van der Waals surface area contributed by atoms with Crippen molar-refractivity contribution in [2.24, 2.45) is 4.99 Å². The zero-order valence-corrected chi connectivity index (χ0v) is 17.3. The topological polar surface area (TPSA) is 94.1 Å². The Hall–Kier alpha value is -1.35. The van der Waals surface area contributed by atoms with Crippen LogP contribution in [0.3, 0.4) is 0 Å². The van der Waals surface area contributed by atoms with Crippen LogP contribution < -0.4 is 10.0 Å². The Morgan fingerprint density at radius 3 is 2.41 bits per heavy atom. The van der Waals surface area contributed by atoms with Crippen LogP contribution in [0.5, 0.6) is 0 Å². The van der Waals surface area contributed by atoms with E-state index in [-0.39, 0.29) is 18.5 Å². The van der Waals surface area contributed by atoms with Gasteiger partial charge in [-0.15, -0.1) is 0 Å². The molecule has 1 saturated heterocycles. The molecule has 27 heavy (non-hydrogen) atoms. The zero-order chi connectivity index (χ0) is 19.4. The predicted molar refractivity (Wildman–Crippen MR) is 106 cm³/mol. The molecule has 1 heterocycles. The molecule has 2 saturated carbocycles. The molecule has 9 heteroatoms. The summed E-state index contributed by atoms with van der Waals surface area (Å²) in [5, 5.41) is 2.96. The van der Waals surface area contributed by atoms with Crippen molar-refractivity contribution in [3.05, 3.63) is 0 Å². The van der Waals surface area contributed by atoms with E-state index < -0.39 is 15.3 Å². The molecule has 1 atom stereocenters. The molecule has 1 aliphatic heterocycles. The highest BCUT2D eigenvalue weighted by Crippen LogP contribution is 2.23. The maximum absolute atomic E-state index is 12.8. The van der Waals surface area contributed by atoms with Gasteiger partial charge in [-0.25, -0.2) is 18.1 Å². The van der Waals surface area contributed by atoms with Gasteiger partial charge < -0.3 is 15.1 Å². The number of carbonyl (C=O) groups is 1. The van der Waals surface area contributed by atoms with Crippen molar-refractivity contribution >= 4 is 21.9 Å². The molecule has 8 nitrogen and oxygen atoms in total. The van der Waals surface area contributed by atoms with Crippen LogP contribution >= 0.6 is 0 Å². The van der Waals surface area contributed by atoms with Gasteiger partial charge in [-0.3, -0.25) is 4.79 Å². The quantitative estimate of drug-likeness (QED) is 0.501. The normalized spacial score (nSPS) is 24.9. The summed E-state index contributed by atoms with van der Waals surface area (Å²) in [5.74, 6) is 0.614. The van der Waals surface area contributed by atoms with Gasteiger partial charge in [0.2, 0.25) is 15.9 Å². The summed E-state index contributed by atoms with van der Waals surface area (Å²) < 4.78 is 28.6. The maximum Gasteiger partial charge on any atom is 0.243 e. The van der Waals surface area contributed by atoms with E-state index >= 15 is 0 Å². The first kappa shape index (κ1) is 20.4. The third kappa shape index (κ3) is 5.81. The van der Waals surface area contributed by atoms with Crippen LogP contribution in [0.15, 0.2) is 4.99 Å².